The Morgan fingerprint density at radius 1 is 0.778 bits per heavy atom. The average Bonchev–Trinajstić information content (AvgIpc) is 2.42. The smallest absolute Gasteiger partial charge is 0.127 e. The largest absolute Gasteiger partial charge is 0.457 e. The minimum Gasteiger partial charge on any atom is -0.457 e. The van der Waals surface area contributed by atoms with Crippen LogP contribution in [-0.4, -0.2) is 6.54 Å². The van der Waals surface area contributed by atoms with E-state index in [1.165, 1.54) is 5.56 Å². The van der Waals surface area contributed by atoms with Gasteiger partial charge in [0.05, 0.1) is 0 Å². The molecule has 0 unspecified atom stereocenters. The number of rotatable bonds is 6. The van der Waals surface area contributed by atoms with Gasteiger partial charge < -0.3 is 4.74 Å². The summed E-state index contributed by atoms with van der Waals surface area (Å²) in [5.74, 6) is 1.71. The number of para-hydroxylation sites is 1. The third kappa shape index (κ3) is 3.90. The summed E-state index contributed by atoms with van der Waals surface area (Å²) in [4.78, 5) is 0. The van der Waals surface area contributed by atoms with Gasteiger partial charge in [-0.05, 0) is 49.1 Å². The van der Waals surface area contributed by atoms with Crippen molar-refractivity contribution in [3.05, 3.63) is 60.2 Å². The van der Waals surface area contributed by atoms with Crippen molar-refractivity contribution >= 4 is 0 Å². The molecule has 0 spiro atoms. The van der Waals surface area contributed by atoms with Crippen LogP contribution in [-0.2, 0) is 6.42 Å². The molecule has 0 saturated heterocycles. The number of unbranched alkanes of at least 4 members (excludes halogenated alkanes) is 1. The highest BCUT2D eigenvalue weighted by atomic mass is 16.5. The Morgan fingerprint density at radius 2 is 1.44 bits per heavy atom. The van der Waals surface area contributed by atoms with Crippen LogP contribution in [0.1, 0.15) is 18.4 Å². The van der Waals surface area contributed by atoms with Crippen LogP contribution in [0.4, 0.5) is 0 Å². The highest BCUT2D eigenvalue weighted by molar-refractivity contribution is 5.32. The van der Waals surface area contributed by atoms with Crippen LogP contribution < -0.4 is 10.5 Å². The van der Waals surface area contributed by atoms with Crippen molar-refractivity contribution in [2.75, 3.05) is 6.54 Å². The monoisotopic (exact) mass is 239 g/mol. The van der Waals surface area contributed by atoms with Gasteiger partial charge >= 0.3 is 0 Å². The van der Waals surface area contributed by atoms with E-state index in [0.717, 1.165) is 30.8 Å². The van der Waals surface area contributed by atoms with Gasteiger partial charge in [-0.1, -0.05) is 30.3 Å². The van der Waals surface area contributed by atoms with Crippen LogP contribution in [0.3, 0.4) is 0 Å². The summed E-state index contributed by atoms with van der Waals surface area (Å²) in [7, 11) is 0. The van der Waals surface area contributed by atoms with Crippen molar-refractivity contribution in [3.8, 4) is 11.5 Å². The minimum atomic E-state index is 0.273. The summed E-state index contributed by atoms with van der Waals surface area (Å²) >= 11 is 0. The second-order valence-corrected chi connectivity index (χ2v) is 4.24. The molecule has 2 aromatic rings. The van der Waals surface area contributed by atoms with Crippen molar-refractivity contribution in [1.29, 1.82) is 0 Å². The molecule has 2 rings (SSSR count). The van der Waals surface area contributed by atoms with Gasteiger partial charge in [0.1, 0.15) is 11.5 Å². The van der Waals surface area contributed by atoms with Crippen molar-refractivity contribution in [3.63, 3.8) is 0 Å². The first kappa shape index (κ1) is 12.7. The predicted molar refractivity (Wildman–Crippen MR) is 72.9 cm³/mol. The summed E-state index contributed by atoms with van der Waals surface area (Å²) in [5, 5.41) is 0. The van der Waals surface area contributed by atoms with Crippen LogP contribution in [0.25, 0.3) is 0 Å². The summed E-state index contributed by atoms with van der Waals surface area (Å²) < 4.78 is 5.72. The van der Waals surface area contributed by atoms with Gasteiger partial charge in [0.15, 0.2) is 0 Å². The Kier molecular flexibility index (Phi) is 4.79. The van der Waals surface area contributed by atoms with Gasteiger partial charge in [0, 0.05) is 6.54 Å². The molecule has 2 nitrogen and oxygen atoms in total. The second-order valence-electron chi connectivity index (χ2n) is 4.24. The standard InChI is InChI=1S/C16H17NO/c17-13-5-4-6-14-9-11-16(12-10-14)18-15-7-2-1-3-8-15/h1-3,7-12H,4-6,13H2. The maximum absolute atomic E-state index is 8.73. The lowest BCUT2D eigenvalue weighted by Gasteiger charge is -2.06. The third-order valence-corrected chi connectivity index (χ3v) is 2.78. The van der Waals surface area contributed by atoms with Crippen LogP contribution in [0.15, 0.2) is 54.6 Å². The van der Waals surface area contributed by atoms with Gasteiger partial charge in [0.25, 0.3) is 0 Å². The third-order valence-electron chi connectivity index (χ3n) is 2.78. The molecule has 0 amide bonds. The molecule has 0 saturated carbocycles. The van der Waals surface area contributed by atoms with Crippen molar-refractivity contribution < 1.29 is 4.74 Å². The van der Waals surface area contributed by atoms with Crippen molar-refractivity contribution in [1.82, 2.24) is 5.73 Å². The molecule has 0 heterocycles. The molecular formula is C16H17NO. The van der Waals surface area contributed by atoms with Gasteiger partial charge in [-0.3, -0.25) is 0 Å². The fourth-order valence-electron chi connectivity index (χ4n) is 1.79. The highest BCUT2D eigenvalue weighted by Crippen LogP contribution is 2.21. The summed E-state index contributed by atoms with van der Waals surface area (Å²) in [6, 6.07) is 17.9. The summed E-state index contributed by atoms with van der Waals surface area (Å²) in [5.41, 5.74) is 10.0. The van der Waals surface area contributed by atoms with Gasteiger partial charge in [-0.25, -0.2) is 0 Å². The van der Waals surface area contributed by atoms with E-state index in [1.807, 2.05) is 42.5 Å². The van der Waals surface area contributed by atoms with E-state index >= 15 is 0 Å². The number of hydrogen-bond acceptors (Lipinski definition) is 1. The number of benzene rings is 2. The second kappa shape index (κ2) is 6.82. The van der Waals surface area contributed by atoms with Crippen molar-refractivity contribution in [2.24, 2.45) is 0 Å². The minimum absolute atomic E-state index is 0.273. The van der Waals surface area contributed by atoms with Gasteiger partial charge in [-0.2, -0.15) is 0 Å². The van der Waals surface area contributed by atoms with Gasteiger partial charge in [0.2, 0.25) is 0 Å². The molecule has 0 aromatic heterocycles. The van der Waals surface area contributed by atoms with E-state index in [-0.39, 0.29) is 6.54 Å². The molecule has 2 radical (unpaired) electrons. The topological polar surface area (TPSA) is 31.5 Å². The molecule has 18 heavy (non-hydrogen) atoms. The van der Waals surface area contributed by atoms with E-state index in [9.17, 15) is 0 Å². The lowest BCUT2D eigenvalue weighted by atomic mass is 10.1. The Bertz CT molecular complexity index is 450. The van der Waals surface area contributed by atoms with Crippen LogP contribution in [0.2, 0.25) is 0 Å². The lowest BCUT2D eigenvalue weighted by molar-refractivity contribution is 0.482. The average molecular weight is 239 g/mol. The van der Waals surface area contributed by atoms with E-state index in [0.29, 0.717) is 0 Å². The van der Waals surface area contributed by atoms with Crippen LogP contribution in [0, 0.1) is 0 Å². The summed E-state index contributed by atoms with van der Waals surface area (Å²) in [6.45, 7) is 0.273. The van der Waals surface area contributed by atoms with E-state index < -0.39 is 0 Å². The van der Waals surface area contributed by atoms with E-state index in [4.69, 9.17) is 10.5 Å². The number of nitrogens with zero attached hydrogens (tertiary/aromatic N) is 1. The molecule has 92 valence electrons. The fourth-order valence-corrected chi connectivity index (χ4v) is 1.79. The Hall–Kier alpha value is -1.80. The maximum Gasteiger partial charge on any atom is 0.127 e. The predicted octanol–water partition coefficient (Wildman–Crippen LogP) is 3.87. The van der Waals surface area contributed by atoms with E-state index in [1.54, 1.807) is 0 Å². The molecule has 0 atom stereocenters. The number of ether oxygens (including phenoxy) is 1. The first-order valence-electron chi connectivity index (χ1n) is 6.31. The molecule has 0 bridgehead atoms. The fraction of sp³-hybridized carbons (Fsp3) is 0.250. The van der Waals surface area contributed by atoms with Crippen molar-refractivity contribution in [2.45, 2.75) is 19.3 Å². The SMILES string of the molecule is [N]CCCCc1ccc(Oc2ccccc2)cc1. The Balaban J connectivity index is 1.91. The molecule has 0 N–H and O–H groups in total. The molecular weight excluding hydrogens is 222 g/mol. The molecule has 2 heteroatoms. The maximum atomic E-state index is 8.73. The highest BCUT2D eigenvalue weighted by Gasteiger charge is 1.97. The molecule has 2 aromatic carbocycles. The Labute approximate surface area is 108 Å². The zero-order chi connectivity index (χ0) is 12.6. The van der Waals surface area contributed by atoms with E-state index in [2.05, 4.69) is 12.1 Å². The quantitative estimate of drug-likeness (QED) is 0.704. The Morgan fingerprint density at radius 3 is 2.11 bits per heavy atom. The first-order chi connectivity index (χ1) is 8.88. The van der Waals surface area contributed by atoms with Crippen LogP contribution >= 0.6 is 0 Å². The molecule has 0 aliphatic rings. The summed E-state index contributed by atoms with van der Waals surface area (Å²) in [6.07, 6.45) is 2.89. The molecule has 0 aliphatic carbocycles. The first-order valence-corrected chi connectivity index (χ1v) is 6.31. The zero-order valence-corrected chi connectivity index (χ0v) is 10.4. The number of aryl methyl sites for hydroxylation is 1. The number of hydrogen-bond donors (Lipinski definition) is 0. The van der Waals surface area contributed by atoms with Crippen LogP contribution in [0.5, 0.6) is 11.5 Å². The van der Waals surface area contributed by atoms with Gasteiger partial charge in [-0.15, -0.1) is 5.73 Å². The molecule has 0 fully saturated rings. The molecule has 0 aliphatic heterocycles. The lowest BCUT2D eigenvalue weighted by Crippen LogP contribution is -1.90. The normalized spacial score (nSPS) is 10.3. The zero-order valence-electron chi connectivity index (χ0n) is 10.4.